The molecular formula is C18H13ClFNO3S2. The molecule has 2 aromatic carbocycles. The average molecular weight is 410 g/mol. The molecule has 1 heterocycles. The van der Waals surface area contributed by atoms with Gasteiger partial charge < -0.3 is 10.1 Å². The lowest BCUT2D eigenvalue weighted by atomic mass is 10.2. The van der Waals surface area contributed by atoms with Gasteiger partial charge in [-0.15, -0.1) is 23.1 Å². The first-order valence-electron chi connectivity index (χ1n) is 7.47. The molecule has 0 spiro atoms. The number of ether oxygens (including phenoxy) is 1. The van der Waals surface area contributed by atoms with Crippen molar-refractivity contribution in [3.05, 3.63) is 58.2 Å². The second-order valence-corrected chi connectivity index (χ2v) is 7.49. The maximum absolute atomic E-state index is 13.3. The average Bonchev–Trinajstić information content (AvgIpc) is 2.96. The topological polar surface area (TPSA) is 55.4 Å². The quantitative estimate of drug-likeness (QED) is 0.464. The van der Waals surface area contributed by atoms with Crippen molar-refractivity contribution in [1.82, 2.24) is 0 Å². The van der Waals surface area contributed by atoms with Gasteiger partial charge in [-0.2, -0.15) is 0 Å². The van der Waals surface area contributed by atoms with Crippen LogP contribution < -0.4 is 5.32 Å². The van der Waals surface area contributed by atoms with Crippen LogP contribution in [0.1, 0.15) is 9.67 Å². The van der Waals surface area contributed by atoms with Crippen molar-refractivity contribution in [2.75, 3.05) is 18.2 Å². The van der Waals surface area contributed by atoms with Crippen LogP contribution in [0.5, 0.6) is 0 Å². The second-order valence-electron chi connectivity index (χ2n) is 5.21. The summed E-state index contributed by atoms with van der Waals surface area (Å²) < 4.78 is 18.9. The Morgan fingerprint density at radius 1 is 1.27 bits per heavy atom. The van der Waals surface area contributed by atoms with Gasteiger partial charge in [-0.25, -0.2) is 9.18 Å². The first-order valence-corrected chi connectivity index (χ1v) is 9.89. The second kappa shape index (κ2) is 8.07. The molecule has 0 fully saturated rings. The number of hydrogen-bond donors (Lipinski definition) is 1. The molecule has 3 aromatic rings. The Morgan fingerprint density at radius 2 is 2.04 bits per heavy atom. The molecule has 0 atom stereocenters. The molecule has 1 amide bonds. The zero-order valence-electron chi connectivity index (χ0n) is 13.5. The highest BCUT2D eigenvalue weighted by atomic mass is 35.5. The van der Waals surface area contributed by atoms with Gasteiger partial charge in [-0.05, 0) is 36.6 Å². The van der Waals surface area contributed by atoms with Crippen molar-refractivity contribution in [2.45, 2.75) is 4.90 Å². The van der Waals surface area contributed by atoms with E-state index in [0.717, 1.165) is 16.2 Å². The summed E-state index contributed by atoms with van der Waals surface area (Å²) in [4.78, 5) is 25.3. The molecule has 134 valence electrons. The predicted molar refractivity (Wildman–Crippen MR) is 104 cm³/mol. The number of carbonyl (C=O) groups is 2. The number of amides is 1. The number of nitrogens with one attached hydrogen (secondary N) is 1. The Kier molecular flexibility index (Phi) is 5.80. The molecule has 0 unspecified atom stereocenters. The van der Waals surface area contributed by atoms with Crippen LogP contribution in [-0.4, -0.2) is 24.7 Å². The molecule has 0 aliphatic heterocycles. The summed E-state index contributed by atoms with van der Waals surface area (Å²) in [6, 6.07) is 11.4. The van der Waals surface area contributed by atoms with Gasteiger partial charge >= 0.3 is 5.97 Å². The highest BCUT2D eigenvalue weighted by Crippen LogP contribution is 2.36. The number of esters is 1. The molecular weight excluding hydrogens is 397 g/mol. The molecule has 0 radical (unpaired) electrons. The van der Waals surface area contributed by atoms with Gasteiger partial charge in [0.15, 0.2) is 6.61 Å². The Bertz CT molecular complexity index is 990. The molecule has 1 aromatic heterocycles. The van der Waals surface area contributed by atoms with Gasteiger partial charge in [-0.3, -0.25) is 4.79 Å². The van der Waals surface area contributed by atoms with Crippen LogP contribution >= 0.6 is 34.7 Å². The number of halogens is 2. The molecule has 1 N–H and O–H groups in total. The minimum atomic E-state index is -0.718. The maximum atomic E-state index is 13.3. The van der Waals surface area contributed by atoms with Crippen molar-refractivity contribution < 1.29 is 18.7 Å². The molecule has 3 rings (SSSR count). The van der Waals surface area contributed by atoms with Crippen LogP contribution in [-0.2, 0) is 9.53 Å². The molecule has 0 saturated heterocycles. The van der Waals surface area contributed by atoms with Crippen LogP contribution in [0, 0.1) is 5.82 Å². The fourth-order valence-electron chi connectivity index (χ4n) is 2.30. The molecule has 0 bridgehead atoms. The predicted octanol–water partition coefficient (Wildman–Crippen LogP) is 5.21. The van der Waals surface area contributed by atoms with Gasteiger partial charge in [0.05, 0.1) is 10.7 Å². The zero-order chi connectivity index (χ0) is 18.7. The number of benzene rings is 2. The Hall–Kier alpha value is -2.09. The van der Waals surface area contributed by atoms with Gasteiger partial charge in [0, 0.05) is 15.0 Å². The lowest BCUT2D eigenvalue weighted by Crippen LogP contribution is -2.21. The van der Waals surface area contributed by atoms with E-state index in [1.807, 2.05) is 18.4 Å². The molecule has 0 saturated carbocycles. The normalized spacial score (nSPS) is 10.7. The lowest BCUT2D eigenvalue weighted by molar-refractivity contribution is -0.119. The summed E-state index contributed by atoms with van der Waals surface area (Å²) in [5, 5.41) is 3.47. The molecule has 26 heavy (non-hydrogen) atoms. The number of thioether (sulfide) groups is 1. The van der Waals surface area contributed by atoms with E-state index in [1.54, 1.807) is 12.1 Å². The SMILES string of the molecule is CSc1ccccc1NC(=O)COC(=O)c1sc2cc(F)ccc2c1Cl. The van der Waals surface area contributed by atoms with E-state index in [9.17, 15) is 14.0 Å². The Balaban J connectivity index is 1.67. The van der Waals surface area contributed by atoms with Gasteiger partial charge in [-0.1, -0.05) is 23.7 Å². The van der Waals surface area contributed by atoms with E-state index < -0.39 is 24.3 Å². The maximum Gasteiger partial charge on any atom is 0.350 e. The van der Waals surface area contributed by atoms with Crippen LogP contribution in [0.25, 0.3) is 10.1 Å². The van der Waals surface area contributed by atoms with E-state index in [2.05, 4.69) is 5.32 Å². The minimum Gasteiger partial charge on any atom is -0.451 e. The first kappa shape index (κ1) is 18.7. The summed E-state index contributed by atoms with van der Waals surface area (Å²) >= 11 is 8.69. The van der Waals surface area contributed by atoms with E-state index in [1.165, 1.54) is 30.0 Å². The highest BCUT2D eigenvalue weighted by molar-refractivity contribution is 7.98. The third-order valence-corrected chi connectivity index (χ3v) is 5.93. The van der Waals surface area contributed by atoms with E-state index >= 15 is 0 Å². The zero-order valence-corrected chi connectivity index (χ0v) is 15.9. The van der Waals surface area contributed by atoms with Crippen LogP contribution in [0.3, 0.4) is 0 Å². The fraction of sp³-hybridized carbons (Fsp3) is 0.111. The number of rotatable bonds is 5. The smallest absolute Gasteiger partial charge is 0.350 e. The largest absolute Gasteiger partial charge is 0.451 e. The molecule has 4 nitrogen and oxygen atoms in total. The van der Waals surface area contributed by atoms with Crippen molar-refractivity contribution in [3.8, 4) is 0 Å². The number of anilines is 1. The third kappa shape index (κ3) is 4.00. The van der Waals surface area contributed by atoms with Crippen LogP contribution in [0.4, 0.5) is 10.1 Å². The summed E-state index contributed by atoms with van der Waals surface area (Å²) in [6.45, 7) is -0.444. The first-order chi connectivity index (χ1) is 12.5. The minimum absolute atomic E-state index is 0.143. The van der Waals surface area contributed by atoms with Crippen LogP contribution in [0.2, 0.25) is 5.02 Å². The third-order valence-electron chi connectivity index (χ3n) is 3.49. The monoisotopic (exact) mass is 409 g/mol. The number of fused-ring (bicyclic) bond motifs is 1. The van der Waals surface area contributed by atoms with Crippen molar-refractivity contribution in [2.24, 2.45) is 0 Å². The van der Waals surface area contributed by atoms with Gasteiger partial charge in [0.1, 0.15) is 10.7 Å². The number of carbonyl (C=O) groups excluding carboxylic acids is 2. The van der Waals surface area contributed by atoms with Gasteiger partial charge in [0.25, 0.3) is 5.91 Å². The molecule has 0 aliphatic rings. The molecule has 8 heteroatoms. The summed E-state index contributed by atoms with van der Waals surface area (Å²) in [6.07, 6.45) is 1.90. The number of para-hydroxylation sites is 1. The van der Waals surface area contributed by atoms with Crippen molar-refractivity contribution in [1.29, 1.82) is 0 Å². The summed E-state index contributed by atoms with van der Waals surface area (Å²) in [7, 11) is 0. The van der Waals surface area contributed by atoms with E-state index in [4.69, 9.17) is 16.3 Å². The Morgan fingerprint density at radius 3 is 2.81 bits per heavy atom. The standard InChI is InChI=1S/C18H13ClFNO3S2/c1-25-13-5-3-2-4-12(13)21-15(22)9-24-18(23)17-16(19)11-7-6-10(20)8-14(11)26-17/h2-8H,9H2,1H3,(H,21,22). The Labute approximate surface area is 162 Å². The van der Waals surface area contributed by atoms with Crippen molar-refractivity contribution in [3.63, 3.8) is 0 Å². The molecule has 0 aliphatic carbocycles. The van der Waals surface area contributed by atoms with Gasteiger partial charge in [0.2, 0.25) is 0 Å². The summed E-state index contributed by atoms with van der Waals surface area (Å²) in [5.41, 5.74) is 0.649. The highest BCUT2D eigenvalue weighted by Gasteiger charge is 2.20. The van der Waals surface area contributed by atoms with E-state index in [0.29, 0.717) is 15.8 Å². The summed E-state index contributed by atoms with van der Waals surface area (Å²) in [5.74, 6) is -1.59. The fourth-order valence-corrected chi connectivity index (χ4v) is 4.28. The van der Waals surface area contributed by atoms with Crippen LogP contribution in [0.15, 0.2) is 47.4 Å². The van der Waals surface area contributed by atoms with Crippen molar-refractivity contribution >= 4 is 62.3 Å². The van der Waals surface area contributed by atoms with E-state index in [-0.39, 0.29) is 9.90 Å². The number of thiophene rings is 1. The lowest BCUT2D eigenvalue weighted by Gasteiger charge is -2.09. The number of hydrogen-bond acceptors (Lipinski definition) is 5.